The molecule has 0 radical (unpaired) electrons. The Morgan fingerprint density at radius 3 is 1.47 bits per heavy atom. The number of halogens is 7. The second kappa shape index (κ2) is 4.40. The molecular weight excluding hydrogens is 273 g/mol. The fourth-order valence-electron chi connectivity index (χ4n) is 0.927. The molecule has 0 amide bonds. The van der Waals surface area contributed by atoms with Crippen LogP contribution in [0, 0.1) is 0 Å². The number of thioether (sulfide) groups is 1. The van der Waals surface area contributed by atoms with Gasteiger partial charge in [0.05, 0.1) is 0 Å². The van der Waals surface area contributed by atoms with Crippen molar-refractivity contribution in [1.82, 2.24) is 0 Å². The van der Waals surface area contributed by atoms with Crippen LogP contribution in [0.4, 0.5) is 30.7 Å². The minimum absolute atomic E-state index is 0.454. The summed E-state index contributed by atoms with van der Waals surface area (Å²) in [5.41, 5.74) is 0. The Kier molecular flexibility index (Phi) is 3.66. The highest BCUT2D eigenvalue weighted by Gasteiger charge is 2.73. The maximum Gasteiger partial charge on any atom is 0.441 e. The molecule has 0 spiro atoms. The molecule has 0 saturated heterocycles. The predicted molar refractivity (Wildman–Crippen MR) is 48.2 cm³/mol. The summed E-state index contributed by atoms with van der Waals surface area (Å²) in [6, 6.07) is 5.77. The summed E-state index contributed by atoms with van der Waals surface area (Å²) in [7, 11) is 0. The largest absolute Gasteiger partial charge is 0.441 e. The van der Waals surface area contributed by atoms with Crippen LogP contribution in [-0.4, -0.2) is 17.4 Å². The van der Waals surface area contributed by atoms with Crippen LogP contribution >= 0.6 is 11.8 Å². The maximum absolute atomic E-state index is 13.2. The van der Waals surface area contributed by atoms with E-state index in [0.29, 0.717) is 0 Å². The summed E-state index contributed by atoms with van der Waals surface area (Å²) in [6.45, 7) is 0. The van der Waals surface area contributed by atoms with Crippen molar-refractivity contribution in [3.8, 4) is 0 Å². The van der Waals surface area contributed by atoms with E-state index in [1.54, 1.807) is 0 Å². The normalized spacial score (nSPS) is 13.8. The number of benzene rings is 1. The van der Waals surface area contributed by atoms with Gasteiger partial charge in [-0.05, 0) is 12.1 Å². The molecule has 1 aromatic rings. The minimum atomic E-state index is -6.04. The third kappa shape index (κ3) is 2.85. The number of hydrogen-bond acceptors (Lipinski definition) is 1. The van der Waals surface area contributed by atoms with Gasteiger partial charge in [-0.2, -0.15) is 26.3 Å². The highest BCUT2D eigenvalue weighted by molar-refractivity contribution is 8.00. The van der Waals surface area contributed by atoms with E-state index < -0.39 is 34.0 Å². The van der Waals surface area contributed by atoms with Crippen LogP contribution in [0.5, 0.6) is 0 Å². The number of rotatable bonds is 2. The van der Waals surface area contributed by atoms with Crippen molar-refractivity contribution in [2.24, 2.45) is 0 Å². The fraction of sp³-hybridized carbons (Fsp3) is 0.333. The van der Waals surface area contributed by atoms with Gasteiger partial charge in [-0.25, -0.2) is 4.39 Å². The van der Waals surface area contributed by atoms with E-state index in [1.807, 2.05) is 0 Å². The molecule has 1 aromatic carbocycles. The molecule has 0 aliphatic rings. The Labute approximate surface area is 95.8 Å². The Balaban J connectivity index is 3.11. The highest BCUT2D eigenvalue weighted by atomic mass is 32.2. The van der Waals surface area contributed by atoms with Gasteiger partial charge in [0.2, 0.25) is 0 Å². The molecule has 0 aromatic heterocycles. The molecule has 0 fully saturated rings. The van der Waals surface area contributed by atoms with Crippen molar-refractivity contribution in [2.45, 2.75) is 22.2 Å². The van der Waals surface area contributed by atoms with Gasteiger partial charge in [0.25, 0.3) is 0 Å². The van der Waals surface area contributed by atoms with Crippen LogP contribution in [0.3, 0.4) is 0 Å². The summed E-state index contributed by atoms with van der Waals surface area (Å²) in [4.78, 5) is -0.454. The Bertz CT molecular complexity index is 353. The van der Waals surface area contributed by atoms with Gasteiger partial charge in [0.1, 0.15) is 0 Å². The molecule has 0 saturated carbocycles. The zero-order valence-electron chi connectivity index (χ0n) is 7.94. The molecule has 0 nitrogen and oxygen atoms in total. The van der Waals surface area contributed by atoms with Gasteiger partial charge < -0.3 is 0 Å². The smallest absolute Gasteiger partial charge is 0.211 e. The summed E-state index contributed by atoms with van der Waals surface area (Å²) in [5.74, 6) is 0. The number of hydrogen-bond donors (Lipinski definition) is 0. The van der Waals surface area contributed by atoms with E-state index in [1.165, 1.54) is 18.2 Å². The van der Waals surface area contributed by atoms with E-state index in [0.717, 1.165) is 12.1 Å². The molecule has 17 heavy (non-hydrogen) atoms. The van der Waals surface area contributed by atoms with Gasteiger partial charge >= 0.3 is 17.4 Å². The average molecular weight is 278 g/mol. The molecule has 0 aliphatic carbocycles. The molecule has 0 heterocycles. The van der Waals surface area contributed by atoms with Crippen molar-refractivity contribution < 1.29 is 30.7 Å². The lowest BCUT2D eigenvalue weighted by Gasteiger charge is -2.29. The maximum atomic E-state index is 13.2. The van der Waals surface area contributed by atoms with E-state index in [4.69, 9.17) is 0 Å². The van der Waals surface area contributed by atoms with Crippen LogP contribution < -0.4 is 0 Å². The van der Waals surface area contributed by atoms with E-state index >= 15 is 0 Å². The predicted octanol–water partition coefficient (Wildman–Crippen LogP) is 4.57. The molecule has 0 unspecified atom stereocenters. The van der Waals surface area contributed by atoms with E-state index in [9.17, 15) is 30.7 Å². The summed E-state index contributed by atoms with van der Waals surface area (Å²) >= 11 is -0.912. The van der Waals surface area contributed by atoms with Gasteiger partial charge in [-0.3, -0.25) is 0 Å². The molecule has 0 N–H and O–H groups in total. The molecule has 0 aliphatic heterocycles. The third-order valence-corrected chi connectivity index (χ3v) is 2.98. The van der Waals surface area contributed by atoms with Gasteiger partial charge in [-0.1, -0.05) is 30.0 Å². The van der Waals surface area contributed by atoms with Crippen molar-refractivity contribution in [3.63, 3.8) is 0 Å². The zero-order chi connectivity index (χ0) is 13.3. The number of alkyl halides is 7. The minimum Gasteiger partial charge on any atom is -0.211 e. The zero-order valence-corrected chi connectivity index (χ0v) is 8.76. The lowest BCUT2D eigenvalue weighted by Crippen LogP contribution is -2.50. The molecule has 0 bridgehead atoms. The van der Waals surface area contributed by atoms with Gasteiger partial charge in [0, 0.05) is 4.90 Å². The molecule has 0 atom stereocenters. The Morgan fingerprint density at radius 2 is 1.12 bits per heavy atom. The topological polar surface area (TPSA) is 0 Å². The monoisotopic (exact) mass is 278 g/mol. The first-order valence-corrected chi connectivity index (χ1v) is 4.96. The van der Waals surface area contributed by atoms with Gasteiger partial charge in [0.15, 0.2) is 0 Å². The van der Waals surface area contributed by atoms with Gasteiger partial charge in [-0.15, -0.1) is 0 Å². The SMILES string of the molecule is FC(F)(F)C(F)(Sc1ccccc1)C(F)(F)F. The van der Waals surface area contributed by atoms with Crippen LogP contribution in [0.25, 0.3) is 0 Å². The first kappa shape index (κ1) is 14.1. The summed E-state index contributed by atoms with van der Waals surface area (Å²) < 4.78 is 86.2. The fourth-order valence-corrected chi connectivity index (χ4v) is 1.78. The first-order valence-electron chi connectivity index (χ1n) is 4.14. The Morgan fingerprint density at radius 1 is 0.706 bits per heavy atom. The first-order chi connectivity index (χ1) is 7.58. The van der Waals surface area contributed by atoms with E-state index in [2.05, 4.69) is 0 Å². The standard InChI is InChI=1S/C9H5F7S/c10-7(8(11,12)13,9(14,15)16)17-6-4-2-1-3-5-6/h1-5H. The van der Waals surface area contributed by atoms with Crippen molar-refractivity contribution >= 4 is 11.8 Å². The molecule has 96 valence electrons. The van der Waals surface area contributed by atoms with Crippen LogP contribution in [0.2, 0.25) is 0 Å². The second-order valence-electron chi connectivity index (χ2n) is 3.01. The summed E-state index contributed by atoms with van der Waals surface area (Å²) in [6.07, 6.45) is -12.1. The quantitative estimate of drug-likeness (QED) is 0.564. The van der Waals surface area contributed by atoms with Crippen molar-refractivity contribution in [1.29, 1.82) is 0 Å². The lowest BCUT2D eigenvalue weighted by atomic mass is 10.3. The van der Waals surface area contributed by atoms with Crippen LogP contribution in [-0.2, 0) is 0 Å². The lowest BCUT2D eigenvalue weighted by molar-refractivity contribution is -0.302. The molecular formula is C9H5F7S. The third-order valence-electron chi connectivity index (χ3n) is 1.73. The van der Waals surface area contributed by atoms with Crippen molar-refractivity contribution in [2.75, 3.05) is 0 Å². The van der Waals surface area contributed by atoms with Crippen LogP contribution in [0.15, 0.2) is 35.2 Å². The molecule has 1 rings (SSSR count). The second-order valence-corrected chi connectivity index (χ2v) is 4.24. The van der Waals surface area contributed by atoms with Crippen molar-refractivity contribution in [3.05, 3.63) is 30.3 Å². The highest BCUT2D eigenvalue weighted by Crippen LogP contribution is 2.55. The average Bonchev–Trinajstić information content (AvgIpc) is 2.15. The van der Waals surface area contributed by atoms with E-state index in [-0.39, 0.29) is 0 Å². The Hall–Kier alpha value is -0.920. The summed E-state index contributed by atoms with van der Waals surface area (Å²) in [5, 5.41) is -5.30. The molecule has 8 heteroatoms. The van der Waals surface area contributed by atoms with Crippen LogP contribution in [0.1, 0.15) is 0 Å².